The summed E-state index contributed by atoms with van der Waals surface area (Å²) >= 11 is 0. The van der Waals surface area contributed by atoms with E-state index in [1.807, 2.05) is 33.8 Å². The maximum absolute atomic E-state index is 12.7. The van der Waals surface area contributed by atoms with Crippen LogP contribution in [0.5, 0.6) is 0 Å². The van der Waals surface area contributed by atoms with Crippen molar-refractivity contribution in [3.05, 3.63) is 58.7 Å². The predicted molar refractivity (Wildman–Crippen MR) is 123 cm³/mol. The van der Waals surface area contributed by atoms with Crippen molar-refractivity contribution in [3.63, 3.8) is 0 Å². The number of nitrogens with zero attached hydrogens (tertiary/aromatic N) is 5. The van der Waals surface area contributed by atoms with Gasteiger partial charge in [0, 0.05) is 34.9 Å². The topological polar surface area (TPSA) is 110 Å². The molecule has 0 radical (unpaired) electrons. The second-order valence-corrected chi connectivity index (χ2v) is 10.0. The number of anilines is 2. The molecule has 1 fully saturated rings. The molecular formula is C22H26N6O3S. The Hall–Kier alpha value is -3.27. The first-order valence-electron chi connectivity index (χ1n) is 10.4. The molecule has 0 saturated carbocycles. The zero-order chi connectivity index (χ0) is 23.0. The molecule has 10 heteroatoms. The van der Waals surface area contributed by atoms with E-state index < -0.39 is 10.0 Å². The van der Waals surface area contributed by atoms with Crippen molar-refractivity contribution in [1.29, 1.82) is 0 Å². The molecule has 2 aromatic heterocycles. The monoisotopic (exact) mass is 454 g/mol. The van der Waals surface area contributed by atoms with E-state index in [4.69, 9.17) is 0 Å². The van der Waals surface area contributed by atoms with Gasteiger partial charge in [0.2, 0.25) is 15.9 Å². The second kappa shape index (κ2) is 8.34. The number of carbonyl (C=O) groups is 1. The van der Waals surface area contributed by atoms with E-state index >= 15 is 0 Å². The Morgan fingerprint density at radius 3 is 2.31 bits per heavy atom. The third-order valence-electron chi connectivity index (χ3n) is 5.48. The number of aromatic nitrogens is 4. The lowest BCUT2D eigenvalue weighted by molar-refractivity contribution is -0.115. The maximum atomic E-state index is 12.7. The number of benzene rings is 1. The summed E-state index contributed by atoms with van der Waals surface area (Å²) in [6, 6.07) is 8.75. The van der Waals surface area contributed by atoms with Crippen molar-refractivity contribution < 1.29 is 13.2 Å². The number of nitrogens with one attached hydrogen (secondary N) is 1. The SMILES string of the molecule is Cc1cc(C)nc(-n2nc(C)c(CC(=O)Nc3ccc(N4CCCS4(=O)=O)cc3)c2C)n1. The molecule has 0 unspecified atom stereocenters. The highest BCUT2D eigenvalue weighted by Gasteiger charge is 2.28. The molecule has 168 valence electrons. The maximum Gasteiger partial charge on any atom is 0.251 e. The zero-order valence-corrected chi connectivity index (χ0v) is 19.4. The van der Waals surface area contributed by atoms with Gasteiger partial charge >= 0.3 is 0 Å². The zero-order valence-electron chi connectivity index (χ0n) is 18.6. The molecule has 32 heavy (non-hydrogen) atoms. The van der Waals surface area contributed by atoms with Crippen LogP contribution in [0, 0.1) is 27.7 Å². The summed E-state index contributed by atoms with van der Waals surface area (Å²) in [5.41, 5.74) is 5.31. The molecule has 1 aliphatic heterocycles. The number of amides is 1. The van der Waals surface area contributed by atoms with E-state index in [2.05, 4.69) is 20.4 Å². The number of rotatable bonds is 5. The second-order valence-electron chi connectivity index (χ2n) is 8.03. The molecule has 9 nitrogen and oxygen atoms in total. The summed E-state index contributed by atoms with van der Waals surface area (Å²) in [6.07, 6.45) is 0.783. The minimum atomic E-state index is -3.23. The standard InChI is InChI=1S/C22H26N6O3S/c1-14-12-15(2)24-22(23-14)28-17(4)20(16(3)26-28)13-21(29)25-18-6-8-19(9-7-18)27-10-5-11-32(27,30)31/h6-9,12H,5,10-11,13H2,1-4H3,(H,25,29). The van der Waals surface area contributed by atoms with Gasteiger partial charge in [-0.15, -0.1) is 0 Å². The van der Waals surface area contributed by atoms with Gasteiger partial charge in [-0.2, -0.15) is 5.10 Å². The van der Waals surface area contributed by atoms with Gasteiger partial charge < -0.3 is 5.32 Å². The molecule has 0 atom stereocenters. The largest absolute Gasteiger partial charge is 0.326 e. The third-order valence-corrected chi connectivity index (χ3v) is 7.35. The van der Waals surface area contributed by atoms with Crippen molar-refractivity contribution in [2.24, 2.45) is 0 Å². The van der Waals surface area contributed by atoms with Crippen LogP contribution in [0.25, 0.3) is 5.95 Å². The fraction of sp³-hybridized carbons (Fsp3) is 0.364. The van der Waals surface area contributed by atoms with E-state index in [-0.39, 0.29) is 18.1 Å². The molecule has 3 aromatic rings. The van der Waals surface area contributed by atoms with Gasteiger partial charge in [0.05, 0.1) is 23.6 Å². The molecule has 1 saturated heterocycles. The van der Waals surface area contributed by atoms with Crippen molar-refractivity contribution in [1.82, 2.24) is 19.7 Å². The summed E-state index contributed by atoms with van der Waals surface area (Å²) in [4.78, 5) is 21.6. The highest BCUT2D eigenvalue weighted by molar-refractivity contribution is 7.93. The number of hydrogen-bond acceptors (Lipinski definition) is 6. The molecule has 4 rings (SSSR count). The Labute approximate surface area is 187 Å². The number of sulfonamides is 1. The first kappa shape index (κ1) is 21.9. The average molecular weight is 455 g/mol. The van der Waals surface area contributed by atoms with Crippen LogP contribution in [0.1, 0.15) is 34.8 Å². The molecule has 0 aliphatic carbocycles. The normalized spacial score (nSPS) is 15.2. The highest BCUT2D eigenvalue weighted by atomic mass is 32.2. The van der Waals surface area contributed by atoms with Crippen molar-refractivity contribution in [3.8, 4) is 5.95 Å². The van der Waals surface area contributed by atoms with Gasteiger partial charge in [-0.3, -0.25) is 9.10 Å². The van der Waals surface area contributed by atoms with Crippen molar-refractivity contribution in [2.45, 2.75) is 40.5 Å². The Kier molecular flexibility index (Phi) is 5.72. The molecule has 0 spiro atoms. The molecule has 1 amide bonds. The van der Waals surface area contributed by atoms with E-state index in [9.17, 15) is 13.2 Å². The van der Waals surface area contributed by atoms with E-state index in [1.54, 1.807) is 28.9 Å². The van der Waals surface area contributed by atoms with Gasteiger partial charge in [-0.05, 0) is 64.4 Å². The lowest BCUT2D eigenvalue weighted by Crippen LogP contribution is -2.25. The average Bonchev–Trinajstić information content (AvgIpc) is 3.21. The highest BCUT2D eigenvalue weighted by Crippen LogP contribution is 2.25. The first-order valence-corrected chi connectivity index (χ1v) is 12.0. The Morgan fingerprint density at radius 1 is 1.06 bits per heavy atom. The lowest BCUT2D eigenvalue weighted by atomic mass is 10.1. The lowest BCUT2D eigenvalue weighted by Gasteiger charge is -2.17. The Morgan fingerprint density at radius 2 is 1.72 bits per heavy atom. The van der Waals surface area contributed by atoms with Gasteiger partial charge in [0.25, 0.3) is 5.95 Å². The smallest absolute Gasteiger partial charge is 0.251 e. The Bertz CT molecular complexity index is 1260. The molecular weight excluding hydrogens is 428 g/mol. The summed E-state index contributed by atoms with van der Waals surface area (Å²) in [5, 5.41) is 7.42. The van der Waals surface area contributed by atoms with Gasteiger partial charge in [-0.1, -0.05) is 0 Å². The number of aryl methyl sites for hydroxylation is 3. The van der Waals surface area contributed by atoms with Crippen LogP contribution in [-0.2, 0) is 21.2 Å². The summed E-state index contributed by atoms with van der Waals surface area (Å²) in [7, 11) is -3.23. The van der Waals surface area contributed by atoms with Crippen LogP contribution in [-0.4, -0.2) is 46.4 Å². The van der Waals surface area contributed by atoms with Crippen LogP contribution < -0.4 is 9.62 Å². The molecule has 0 bridgehead atoms. The van der Waals surface area contributed by atoms with Crippen molar-refractivity contribution in [2.75, 3.05) is 21.9 Å². The van der Waals surface area contributed by atoms with Crippen LogP contribution in [0.2, 0.25) is 0 Å². The molecule has 1 N–H and O–H groups in total. The van der Waals surface area contributed by atoms with Crippen LogP contribution >= 0.6 is 0 Å². The summed E-state index contributed by atoms with van der Waals surface area (Å²) < 4.78 is 27.2. The van der Waals surface area contributed by atoms with Crippen LogP contribution in [0.4, 0.5) is 11.4 Å². The third kappa shape index (κ3) is 4.36. The van der Waals surface area contributed by atoms with Gasteiger partial charge in [0.15, 0.2) is 0 Å². The van der Waals surface area contributed by atoms with Crippen molar-refractivity contribution >= 4 is 27.3 Å². The minimum Gasteiger partial charge on any atom is -0.326 e. The van der Waals surface area contributed by atoms with Gasteiger partial charge in [-0.25, -0.2) is 23.1 Å². The number of carbonyl (C=O) groups excluding carboxylic acids is 1. The van der Waals surface area contributed by atoms with Crippen LogP contribution in [0.15, 0.2) is 30.3 Å². The molecule has 1 aliphatic rings. The minimum absolute atomic E-state index is 0.157. The van der Waals surface area contributed by atoms with E-state index in [0.717, 1.165) is 28.3 Å². The van der Waals surface area contributed by atoms with Gasteiger partial charge in [0.1, 0.15) is 0 Å². The summed E-state index contributed by atoms with van der Waals surface area (Å²) in [6.45, 7) is 8.06. The number of hydrogen-bond donors (Lipinski definition) is 1. The fourth-order valence-corrected chi connectivity index (χ4v) is 5.50. The van der Waals surface area contributed by atoms with E-state index in [0.29, 0.717) is 30.3 Å². The predicted octanol–water partition coefficient (Wildman–Crippen LogP) is 2.62. The molecule has 1 aromatic carbocycles. The van der Waals surface area contributed by atoms with E-state index in [1.165, 1.54) is 4.31 Å². The fourth-order valence-electron chi connectivity index (χ4n) is 3.93. The van der Waals surface area contributed by atoms with Crippen LogP contribution in [0.3, 0.4) is 0 Å². The Balaban J connectivity index is 1.48. The quantitative estimate of drug-likeness (QED) is 0.635. The first-order chi connectivity index (χ1) is 15.1. The summed E-state index contributed by atoms with van der Waals surface area (Å²) in [5.74, 6) is 0.478. The molecule has 3 heterocycles.